The van der Waals surface area contributed by atoms with E-state index in [9.17, 15) is 13.2 Å². The van der Waals surface area contributed by atoms with Crippen molar-refractivity contribution in [2.45, 2.75) is 6.18 Å². The SMILES string of the molecule is Cl.NCCOc1cn[nH]c1C(F)(F)F. The van der Waals surface area contributed by atoms with E-state index in [4.69, 9.17) is 10.5 Å². The molecule has 14 heavy (non-hydrogen) atoms. The number of hydrogen-bond donors (Lipinski definition) is 2. The fraction of sp³-hybridized carbons (Fsp3) is 0.500. The van der Waals surface area contributed by atoms with Gasteiger partial charge in [-0.3, -0.25) is 5.10 Å². The molecule has 0 radical (unpaired) electrons. The predicted molar refractivity (Wildman–Crippen MR) is 45.4 cm³/mol. The highest BCUT2D eigenvalue weighted by Crippen LogP contribution is 2.33. The summed E-state index contributed by atoms with van der Waals surface area (Å²) < 4.78 is 41.1. The van der Waals surface area contributed by atoms with Crippen LogP contribution in [0.15, 0.2) is 6.20 Å². The monoisotopic (exact) mass is 231 g/mol. The molecule has 0 saturated heterocycles. The quantitative estimate of drug-likeness (QED) is 0.821. The Kier molecular flexibility index (Phi) is 4.72. The number of aromatic nitrogens is 2. The molecule has 1 aromatic rings. The number of halogens is 4. The molecule has 0 aliphatic heterocycles. The van der Waals surface area contributed by atoms with Crippen LogP contribution in [0.25, 0.3) is 0 Å². The highest BCUT2D eigenvalue weighted by atomic mass is 35.5. The molecular formula is C6H9ClF3N3O. The van der Waals surface area contributed by atoms with Crippen LogP contribution in [0, 0.1) is 0 Å². The van der Waals surface area contributed by atoms with Crippen LogP contribution in [0.1, 0.15) is 5.69 Å². The Morgan fingerprint density at radius 3 is 2.64 bits per heavy atom. The largest absolute Gasteiger partial charge is 0.488 e. The highest BCUT2D eigenvalue weighted by Gasteiger charge is 2.36. The van der Waals surface area contributed by atoms with Crippen molar-refractivity contribution in [2.24, 2.45) is 5.73 Å². The number of ether oxygens (including phenoxy) is 1. The second-order valence-electron chi connectivity index (χ2n) is 2.24. The summed E-state index contributed by atoms with van der Waals surface area (Å²) in [6, 6.07) is 0. The molecule has 0 atom stereocenters. The Morgan fingerprint density at radius 2 is 2.14 bits per heavy atom. The summed E-state index contributed by atoms with van der Waals surface area (Å²) in [5, 5.41) is 5.04. The molecule has 0 amide bonds. The Labute approximate surface area is 84.0 Å². The van der Waals surface area contributed by atoms with Crippen molar-refractivity contribution in [3.8, 4) is 5.75 Å². The Hall–Kier alpha value is -0.950. The molecule has 0 aliphatic carbocycles. The minimum absolute atomic E-state index is 0. The minimum atomic E-state index is -4.47. The van der Waals surface area contributed by atoms with E-state index in [1.54, 1.807) is 0 Å². The normalized spacial score (nSPS) is 10.9. The van der Waals surface area contributed by atoms with E-state index in [2.05, 4.69) is 5.10 Å². The van der Waals surface area contributed by atoms with Crippen molar-refractivity contribution in [3.05, 3.63) is 11.9 Å². The van der Waals surface area contributed by atoms with Gasteiger partial charge < -0.3 is 10.5 Å². The number of nitrogens with zero attached hydrogens (tertiary/aromatic N) is 1. The van der Waals surface area contributed by atoms with Gasteiger partial charge in [0.2, 0.25) is 0 Å². The molecule has 0 unspecified atom stereocenters. The van der Waals surface area contributed by atoms with Gasteiger partial charge in [-0.25, -0.2) is 0 Å². The van der Waals surface area contributed by atoms with Gasteiger partial charge in [0, 0.05) is 6.54 Å². The zero-order valence-corrected chi connectivity index (χ0v) is 7.78. The molecule has 0 bridgehead atoms. The van der Waals surface area contributed by atoms with E-state index in [1.165, 1.54) is 0 Å². The van der Waals surface area contributed by atoms with Gasteiger partial charge in [0.15, 0.2) is 11.4 Å². The van der Waals surface area contributed by atoms with Crippen LogP contribution in [-0.2, 0) is 6.18 Å². The lowest BCUT2D eigenvalue weighted by molar-refractivity contribution is -0.142. The van der Waals surface area contributed by atoms with Crippen LogP contribution in [0.4, 0.5) is 13.2 Å². The molecule has 0 spiro atoms. The first-order valence-electron chi connectivity index (χ1n) is 3.49. The summed E-state index contributed by atoms with van der Waals surface area (Å²) in [6.07, 6.45) is -3.50. The molecule has 0 aromatic carbocycles. The van der Waals surface area contributed by atoms with Gasteiger partial charge in [0.1, 0.15) is 6.61 Å². The first-order valence-corrected chi connectivity index (χ1v) is 3.49. The minimum Gasteiger partial charge on any atom is -0.488 e. The van der Waals surface area contributed by atoms with Crippen LogP contribution < -0.4 is 10.5 Å². The molecule has 8 heteroatoms. The number of aromatic amines is 1. The van der Waals surface area contributed by atoms with Crippen molar-refractivity contribution in [1.82, 2.24) is 10.2 Å². The second kappa shape index (κ2) is 5.06. The third-order valence-electron chi connectivity index (χ3n) is 1.26. The topological polar surface area (TPSA) is 63.9 Å². The van der Waals surface area contributed by atoms with Gasteiger partial charge in [-0.1, -0.05) is 0 Å². The fourth-order valence-electron chi connectivity index (χ4n) is 0.756. The number of rotatable bonds is 3. The van der Waals surface area contributed by atoms with Crippen molar-refractivity contribution in [2.75, 3.05) is 13.2 Å². The second-order valence-corrected chi connectivity index (χ2v) is 2.24. The van der Waals surface area contributed by atoms with Gasteiger partial charge in [0.25, 0.3) is 0 Å². The van der Waals surface area contributed by atoms with Gasteiger partial charge in [-0.15, -0.1) is 12.4 Å². The molecule has 4 nitrogen and oxygen atoms in total. The van der Waals surface area contributed by atoms with Crippen molar-refractivity contribution >= 4 is 12.4 Å². The molecule has 1 aromatic heterocycles. The van der Waals surface area contributed by atoms with Crippen molar-refractivity contribution in [3.63, 3.8) is 0 Å². The Bertz CT molecular complexity index is 276. The van der Waals surface area contributed by atoms with Gasteiger partial charge in [-0.2, -0.15) is 18.3 Å². The molecular weight excluding hydrogens is 223 g/mol. The number of H-pyrrole nitrogens is 1. The van der Waals surface area contributed by atoms with Crippen LogP contribution in [-0.4, -0.2) is 23.3 Å². The molecule has 0 saturated carbocycles. The lowest BCUT2D eigenvalue weighted by Crippen LogP contribution is -2.13. The first-order chi connectivity index (χ1) is 6.05. The van der Waals surface area contributed by atoms with E-state index in [0.717, 1.165) is 6.20 Å². The summed E-state index contributed by atoms with van der Waals surface area (Å²) in [5.74, 6) is -0.321. The number of nitrogens with two attached hydrogens (primary N) is 1. The zero-order valence-electron chi connectivity index (χ0n) is 6.97. The van der Waals surface area contributed by atoms with Crippen LogP contribution in [0.5, 0.6) is 5.75 Å². The Morgan fingerprint density at radius 1 is 1.50 bits per heavy atom. The van der Waals surface area contributed by atoms with Crippen LogP contribution in [0.3, 0.4) is 0 Å². The highest BCUT2D eigenvalue weighted by molar-refractivity contribution is 5.85. The third-order valence-corrected chi connectivity index (χ3v) is 1.26. The molecule has 0 aliphatic rings. The van der Waals surface area contributed by atoms with Crippen molar-refractivity contribution < 1.29 is 17.9 Å². The zero-order chi connectivity index (χ0) is 9.90. The van der Waals surface area contributed by atoms with Crippen molar-refractivity contribution in [1.29, 1.82) is 0 Å². The van der Waals surface area contributed by atoms with Gasteiger partial charge in [0.05, 0.1) is 6.20 Å². The molecule has 1 rings (SSSR count). The average molecular weight is 232 g/mol. The van der Waals surface area contributed by atoms with Crippen LogP contribution in [0.2, 0.25) is 0 Å². The van der Waals surface area contributed by atoms with E-state index in [-0.39, 0.29) is 31.3 Å². The summed E-state index contributed by atoms with van der Waals surface area (Å²) in [6.45, 7) is 0.186. The van der Waals surface area contributed by atoms with E-state index < -0.39 is 11.9 Å². The maximum Gasteiger partial charge on any atom is 0.436 e. The molecule has 82 valence electrons. The summed E-state index contributed by atoms with van der Waals surface area (Å²) >= 11 is 0. The lowest BCUT2D eigenvalue weighted by Gasteiger charge is -2.07. The Balaban J connectivity index is 0.00000169. The number of hydrogen-bond acceptors (Lipinski definition) is 3. The van der Waals surface area contributed by atoms with Crippen LogP contribution >= 0.6 is 12.4 Å². The van der Waals surface area contributed by atoms with Gasteiger partial charge >= 0.3 is 6.18 Å². The average Bonchev–Trinajstić information content (AvgIpc) is 2.47. The third kappa shape index (κ3) is 3.08. The summed E-state index contributed by atoms with van der Waals surface area (Å²) in [7, 11) is 0. The lowest BCUT2D eigenvalue weighted by atomic mass is 10.4. The smallest absolute Gasteiger partial charge is 0.436 e. The summed E-state index contributed by atoms with van der Waals surface area (Å²) in [4.78, 5) is 0. The number of nitrogens with one attached hydrogen (secondary N) is 1. The maximum absolute atomic E-state index is 12.1. The summed E-state index contributed by atoms with van der Waals surface area (Å²) in [5.41, 5.74) is 4.08. The number of alkyl halides is 3. The molecule has 1 heterocycles. The standard InChI is InChI=1S/C6H8F3N3O.ClH/c7-6(8,9)5-4(3-11-12-5)13-2-1-10;/h3H,1-2,10H2,(H,11,12);1H. The first kappa shape index (κ1) is 13.1. The maximum atomic E-state index is 12.1. The van der Waals surface area contributed by atoms with E-state index >= 15 is 0 Å². The van der Waals surface area contributed by atoms with E-state index in [0.29, 0.717) is 0 Å². The molecule has 3 N–H and O–H groups in total. The van der Waals surface area contributed by atoms with E-state index in [1.807, 2.05) is 5.10 Å². The molecule has 0 fully saturated rings. The fourth-order valence-corrected chi connectivity index (χ4v) is 0.756. The predicted octanol–water partition coefficient (Wildman–Crippen LogP) is 1.19. The van der Waals surface area contributed by atoms with Gasteiger partial charge in [-0.05, 0) is 0 Å².